The summed E-state index contributed by atoms with van der Waals surface area (Å²) in [6.07, 6.45) is 2.50. The second-order valence-corrected chi connectivity index (χ2v) is 5.23. The standard InChI is InChI=1S/C13H15BrO2/c14-12-8-11(6-7-13(12)15)16-9-10-4-2-1-3-5-10/h1-5,11-12H,6-9H2/t11-,12+/m1/s1. The predicted molar refractivity (Wildman–Crippen MR) is 66.6 cm³/mol. The van der Waals surface area contributed by atoms with Crippen LogP contribution in [0.25, 0.3) is 0 Å². The van der Waals surface area contributed by atoms with E-state index in [0.29, 0.717) is 18.8 Å². The monoisotopic (exact) mass is 282 g/mol. The lowest BCUT2D eigenvalue weighted by atomic mass is 9.96. The molecule has 2 atom stereocenters. The topological polar surface area (TPSA) is 26.3 Å². The number of hydrogen-bond acceptors (Lipinski definition) is 2. The minimum Gasteiger partial charge on any atom is -0.373 e. The van der Waals surface area contributed by atoms with Crippen LogP contribution in [0.3, 0.4) is 0 Å². The molecular weight excluding hydrogens is 268 g/mol. The summed E-state index contributed by atoms with van der Waals surface area (Å²) in [4.78, 5) is 11.3. The number of carbonyl (C=O) groups is 1. The quantitative estimate of drug-likeness (QED) is 0.797. The third-order valence-electron chi connectivity index (χ3n) is 2.86. The maximum atomic E-state index is 11.3. The number of halogens is 1. The zero-order valence-electron chi connectivity index (χ0n) is 9.06. The summed E-state index contributed by atoms with van der Waals surface area (Å²) >= 11 is 3.39. The molecular formula is C13H15BrO2. The van der Waals surface area contributed by atoms with Crippen LogP contribution in [-0.4, -0.2) is 16.7 Å². The predicted octanol–water partition coefficient (Wildman–Crippen LogP) is 3.09. The summed E-state index contributed by atoms with van der Waals surface area (Å²) in [7, 11) is 0. The highest BCUT2D eigenvalue weighted by atomic mass is 79.9. The van der Waals surface area contributed by atoms with Crippen LogP contribution >= 0.6 is 15.9 Å². The molecule has 2 nitrogen and oxygen atoms in total. The van der Waals surface area contributed by atoms with E-state index in [9.17, 15) is 4.79 Å². The number of ketones is 1. The van der Waals surface area contributed by atoms with Crippen molar-refractivity contribution in [2.24, 2.45) is 0 Å². The molecule has 0 amide bonds. The van der Waals surface area contributed by atoms with E-state index < -0.39 is 0 Å². The number of Topliss-reactive ketones (excluding diaryl/α,β-unsaturated/α-hetero) is 1. The van der Waals surface area contributed by atoms with E-state index in [1.165, 1.54) is 5.56 Å². The Labute approximate surface area is 104 Å². The average molecular weight is 283 g/mol. The molecule has 1 aromatic rings. The third-order valence-corrected chi connectivity index (χ3v) is 3.74. The average Bonchev–Trinajstić information content (AvgIpc) is 2.32. The van der Waals surface area contributed by atoms with Gasteiger partial charge in [-0.05, 0) is 18.4 Å². The number of carbonyl (C=O) groups excluding carboxylic acids is 1. The Balaban J connectivity index is 1.81. The molecule has 0 aliphatic heterocycles. The van der Waals surface area contributed by atoms with E-state index in [4.69, 9.17) is 4.74 Å². The molecule has 0 heterocycles. The molecule has 3 heteroatoms. The molecule has 0 radical (unpaired) electrons. The number of hydrogen-bond donors (Lipinski definition) is 0. The zero-order chi connectivity index (χ0) is 11.4. The Morgan fingerprint density at radius 3 is 2.75 bits per heavy atom. The first-order chi connectivity index (χ1) is 7.75. The van der Waals surface area contributed by atoms with Gasteiger partial charge >= 0.3 is 0 Å². The minimum absolute atomic E-state index is 0.0120. The van der Waals surface area contributed by atoms with Crippen LogP contribution in [-0.2, 0) is 16.1 Å². The lowest BCUT2D eigenvalue weighted by Crippen LogP contribution is -2.29. The van der Waals surface area contributed by atoms with E-state index in [0.717, 1.165) is 12.8 Å². The second kappa shape index (κ2) is 5.60. The molecule has 0 saturated heterocycles. The van der Waals surface area contributed by atoms with Crippen LogP contribution in [0.4, 0.5) is 0 Å². The van der Waals surface area contributed by atoms with Crippen LogP contribution in [0.1, 0.15) is 24.8 Å². The van der Waals surface area contributed by atoms with Crippen molar-refractivity contribution >= 4 is 21.7 Å². The Bertz CT molecular complexity index is 350. The molecule has 1 aliphatic carbocycles. The summed E-state index contributed by atoms with van der Waals surface area (Å²) in [5.74, 6) is 0.305. The van der Waals surface area contributed by atoms with Crippen molar-refractivity contribution in [3.05, 3.63) is 35.9 Å². The lowest BCUT2D eigenvalue weighted by Gasteiger charge is -2.24. The van der Waals surface area contributed by atoms with Gasteiger partial charge in [0.15, 0.2) is 0 Å². The fourth-order valence-electron chi connectivity index (χ4n) is 1.88. The third kappa shape index (κ3) is 3.16. The van der Waals surface area contributed by atoms with Gasteiger partial charge in [-0.1, -0.05) is 46.3 Å². The molecule has 2 rings (SSSR count). The van der Waals surface area contributed by atoms with E-state index in [2.05, 4.69) is 28.1 Å². The Kier molecular flexibility index (Phi) is 4.13. The second-order valence-electron chi connectivity index (χ2n) is 4.13. The Morgan fingerprint density at radius 1 is 1.31 bits per heavy atom. The summed E-state index contributed by atoms with van der Waals surface area (Å²) in [6, 6.07) is 10.1. The van der Waals surface area contributed by atoms with Gasteiger partial charge in [0.05, 0.1) is 17.5 Å². The Hall–Kier alpha value is -0.670. The molecule has 16 heavy (non-hydrogen) atoms. The fourth-order valence-corrected chi connectivity index (χ4v) is 2.53. The first-order valence-electron chi connectivity index (χ1n) is 5.58. The highest BCUT2D eigenvalue weighted by Crippen LogP contribution is 2.24. The van der Waals surface area contributed by atoms with Gasteiger partial charge in [0.2, 0.25) is 0 Å². The van der Waals surface area contributed by atoms with Crippen LogP contribution < -0.4 is 0 Å². The van der Waals surface area contributed by atoms with Crippen molar-refractivity contribution in [2.75, 3.05) is 0 Å². The molecule has 0 bridgehead atoms. The van der Waals surface area contributed by atoms with Gasteiger partial charge < -0.3 is 4.74 Å². The maximum Gasteiger partial charge on any atom is 0.146 e. The van der Waals surface area contributed by atoms with Crippen molar-refractivity contribution in [1.29, 1.82) is 0 Å². The molecule has 1 aliphatic rings. The number of rotatable bonds is 3. The van der Waals surface area contributed by atoms with Crippen molar-refractivity contribution in [2.45, 2.75) is 36.8 Å². The van der Waals surface area contributed by atoms with E-state index in [-0.39, 0.29) is 10.9 Å². The van der Waals surface area contributed by atoms with Crippen molar-refractivity contribution in [3.63, 3.8) is 0 Å². The van der Waals surface area contributed by atoms with Crippen molar-refractivity contribution < 1.29 is 9.53 Å². The fraction of sp³-hybridized carbons (Fsp3) is 0.462. The van der Waals surface area contributed by atoms with E-state index in [1.807, 2.05) is 18.2 Å². The van der Waals surface area contributed by atoms with Crippen LogP contribution in [0.15, 0.2) is 30.3 Å². The van der Waals surface area contributed by atoms with Crippen molar-refractivity contribution in [1.82, 2.24) is 0 Å². The summed E-state index contributed by atoms with van der Waals surface area (Å²) in [6.45, 7) is 0.638. The molecule has 0 N–H and O–H groups in total. The molecule has 86 valence electrons. The number of alkyl halides is 1. The first-order valence-corrected chi connectivity index (χ1v) is 6.49. The van der Waals surface area contributed by atoms with Gasteiger partial charge in [-0.3, -0.25) is 4.79 Å². The molecule has 1 saturated carbocycles. The van der Waals surface area contributed by atoms with Crippen LogP contribution in [0.5, 0.6) is 0 Å². The van der Waals surface area contributed by atoms with E-state index >= 15 is 0 Å². The summed E-state index contributed by atoms with van der Waals surface area (Å²) in [5, 5.41) is 0. The van der Waals surface area contributed by atoms with Gasteiger partial charge in [-0.15, -0.1) is 0 Å². The summed E-state index contributed by atoms with van der Waals surface area (Å²) < 4.78 is 5.81. The molecule has 0 unspecified atom stereocenters. The van der Waals surface area contributed by atoms with Gasteiger partial charge in [0, 0.05) is 6.42 Å². The highest BCUT2D eigenvalue weighted by Gasteiger charge is 2.26. The Morgan fingerprint density at radius 2 is 2.06 bits per heavy atom. The molecule has 1 fully saturated rings. The highest BCUT2D eigenvalue weighted by molar-refractivity contribution is 9.10. The largest absolute Gasteiger partial charge is 0.373 e. The van der Waals surface area contributed by atoms with E-state index in [1.54, 1.807) is 0 Å². The number of ether oxygens (including phenoxy) is 1. The maximum absolute atomic E-state index is 11.3. The first kappa shape index (κ1) is 11.8. The zero-order valence-corrected chi connectivity index (χ0v) is 10.7. The van der Waals surface area contributed by atoms with Crippen LogP contribution in [0.2, 0.25) is 0 Å². The smallest absolute Gasteiger partial charge is 0.146 e. The molecule has 1 aromatic carbocycles. The lowest BCUT2D eigenvalue weighted by molar-refractivity contribution is -0.122. The number of benzene rings is 1. The van der Waals surface area contributed by atoms with Gasteiger partial charge in [-0.2, -0.15) is 0 Å². The summed E-state index contributed by atoms with van der Waals surface area (Å²) in [5.41, 5.74) is 1.19. The van der Waals surface area contributed by atoms with Crippen molar-refractivity contribution in [3.8, 4) is 0 Å². The minimum atomic E-state index is -0.0120. The van der Waals surface area contributed by atoms with Crippen LogP contribution in [0, 0.1) is 0 Å². The molecule has 0 spiro atoms. The normalized spacial score (nSPS) is 25.7. The SMILES string of the molecule is O=C1CC[C@@H](OCc2ccccc2)C[C@@H]1Br. The molecule has 0 aromatic heterocycles. The van der Waals surface area contributed by atoms with Gasteiger partial charge in [0.1, 0.15) is 5.78 Å². The van der Waals surface area contributed by atoms with Gasteiger partial charge in [0.25, 0.3) is 0 Å². The van der Waals surface area contributed by atoms with Gasteiger partial charge in [-0.25, -0.2) is 0 Å².